The van der Waals surface area contributed by atoms with Gasteiger partial charge in [-0.2, -0.15) is 0 Å². The van der Waals surface area contributed by atoms with E-state index in [4.69, 9.17) is 5.11 Å². The molecule has 0 spiro atoms. The zero-order chi connectivity index (χ0) is 21.7. The fraction of sp³-hybridized carbons (Fsp3) is 0.435. The minimum absolute atomic E-state index is 0.0589. The molecule has 1 aromatic carbocycles. The number of rotatable bonds is 9. The standard InChI is InChI=1S/C23H30FNO4/c1-14(2)23-20(10-9-18(26)11-19(27)12-22(28)29)21(13-25(23)15(3)4)16-5-7-17(24)8-6-16/h5-10,13-15,18-19,26-27H,11-12H2,1-4H3,(H,28,29)/b10-9+/t18-,19+/m1/s1. The summed E-state index contributed by atoms with van der Waals surface area (Å²) in [6.45, 7) is 8.36. The molecule has 0 aliphatic heterocycles. The van der Waals surface area contributed by atoms with Gasteiger partial charge in [0.1, 0.15) is 5.82 Å². The first kappa shape index (κ1) is 22.8. The van der Waals surface area contributed by atoms with Crippen LogP contribution in [0.4, 0.5) is 4.39 Å². The van der Waals surface area contributed by atoms with Crippen molar-refractivity contribution in [3.05, 3.63) is 53.6 Å². The first-order chi connectivity index (χ1) is 13.6. The van der Waals surface area contributed by atoms with E-state index in [0.29, 0.717) is 0 Å². The van der Waals surface area contributed by atoms with Gasteiger partial charge in [-0.3, -0.25) is 4.79 Å². The summed E-state index contributed by atoms with van der Waals surface area (Å²) in [5, 5.41) is 28.7. The zero-order valence-corrected chi connectivity index (χ0v) is 17.3. The average Bonchev–Trinajstić information content (AvgIpc) is 2.99. The maximum absolute atomic E-state index is 13.4. The molecule has 158 valence electrons. The van der Waals surface area contributed by atoms with Crippen LogP contribution in [0.1, 0.15) is 63.8 Å². The van der Waals surface area contributed by atoms with Crippen LogP contribution >= 0.6 is 0 Å². The van der Waals surface area contributed by atoms with E-state index in [1.807, 2.05) is 12.3 Å². The van der Waals surface area contributed by atoms with Crippen molar-refractivity contribution in [3.8, 4) is 11.1 Å². The Morgan fingerprint density at radius 3 is 2.28 bits per heavy atom. The molecule has 1 aromatic heterocycles. The third-order valence-corrected chi connectivity index (χ3v) is 4.78. The number of aliphatic hydroxyl groups is 2. The monoisotopic (exact) mass is 403 g/mol. The minimum Gasteiger partial charge on any atom is -0.481 e. The smallest absolute Gasteiger partial charge is 0.305 e. The number of hydrogen-bond acceptors (Lipinski definition) is 3. The largest absolute Gasteiger partial charge is 0.481 e. The molecule has 5 nitrogen and oxygen atoms in total. The molecular formula is C23H30FNO4. The van der Waals surface area contributed by atoms with Crippen molar-refractivity contribution in [1.29, 1.82) is 0 Å². The van der Waals surface area contributed by atoms with E-state index in [2.05, 4.69) is 32.3 Å². The second kappa shape index (κ2) is 9.85. The highest BCUT2D eigenvalue weighted by Crippen LogP contribution is 2.35. The minimum atomic E-state index is -1.12. The van der Waals surface area contributed by atoms with Crippen molar-refractivity contribution in [2.75, 3.05) is 0 Å². The lowest BCUT2D eigenvalue weighted by Gasteiger charge is -2.17. The number of aliphatic hydroxyl groups excluding tert-OH is 2. The van der Waals surface area contributed by atoms with Gasteiger partial charge >= 0.3 is 5.97 Å². The van der Waals surface area contributed by atoms with Gasteiger partial charge in [0.15, 0.2) is 0 Å². The molecule has 0 aliphatic rings. The third-order valence-electron chi connectivity index (χ3n) is 4.78. The van der Waals surface area contributed by atoms with Crippen LogP contribution in [0.2, 0.25) is 0 Å². The Balaban J connectivity index is 2.44. The average molecular weight is 403 g/mol. The summed E-state index contributed by atoms with van der Waals surface area (Å²) < 4.78 is 15.6. The number of carboxylic acids is 1. The fourth-order valence-electron chi connectivity index (χ4n) is 3.48. The second-order valence-corrected chi connectivity index (χ2v) is 7.92. The van der Waals surface area contributed by atoms with E-state index in [1.165, 1.54) is 12.1 Å². The van der Waals surface area contributed by atoms with Gasteiger partial charge in [-0.25, -0.2) is 4.39 Å². The lowest BCUT2D eigenvalue weighted by molar-refractivity contribution is -0.139. The highest BCUT2D eigenvalue weighted by Gasteiger charge is 2.20. The van der Waals surface area contributed by atoms with E-state index >= 15 is 0 Å². The van der Waals surface area contributed by atoms with Crippen molar-refractivity contribution in [2.24, 2.45) is 0 Å². The zero-order valence-electron chi connectivity index (χ0n) is 17.3. The molecule has 2 rings (SSSR count). The summed E-state index contributed by atoms with van der Waals surface area (Å²) in [5.41, 5.74) is 3.81. The number of aliphatic carboxylic acids is 1. The lowest BCUT2D eigenvalue weighted by Crippen LogP contribution is -2.19. The molecule has 0 aliphatic carbocycles. The van der Waals surface area contributed by atoms with Crippen molar-refractivity contribution in [3.63, 3.8) is 0 Å². The molecule has 2 atom stereocenters. The second-order valence-electron chi connectivity index (χ2n) is 7.92. The van der Waals surface area contributed by atoms with Crippen LogP contribution in [0.5, 0.6) is 0 Å². The quantitative estimate of drug-likeness (QED) is 0.571. The number of carboxylic acid groups (broad SMARTS) is 1. The van der Waals surface area contributed by atoms with Crippen LogP contribution in [0.15, 0.2) is 36.5 Å². The highest BCUT2D eigenvalue weighted by atomic mass is 19.1. The molecule has 0 radical (unpaired) electrons. The van der Waals surface area contributed by atoms with Crippen LogP contribution < -0.4 is 0 Å². The summed E-state index contributed by atoms with van der Waals surface area (Å²) in [6.07, 6.45) is 2.86. The Morgan fingerprint density at radius 2 is 1.76 bits per heavy atom. The van der Waals surface area contributed by atoms with Crippen LogP contribution in [0.25, 0.3) is 17.2 Å². The molecule has 0 unspecified atom stereocenters. The van der Waals surface area contributed by atoms with Crippen molar-refractivity contribution in [1.82, 2.24) is 4.57 Å². The van der Waals surface area contributed by atoms with Gasteiger partial charge in [0.2, 0.25) is 0 Å². The predicted molar refractivity (Wildman–Crippen MR) is 112 cm³/mol. The molecule has 6 heteroatoms. The predicted octanol–water partition coefficient (Wildman–Crippen LogP) is 4.60. The van der Waals surface area contributed by atoms with Crippen LogP contribution in [-0.2, 0) is 4.79 Å². The maximum atomic E-state index is 13.4. The number of halogens is 1. The molecular weight excluding hydrogens is 373 g/mol. The Labute approximate surface area is 171 Å². The third kappa shape index (κ3) is 6.02. The summed E-state index contributed by atoms with van der Waals surface area (Å²) in [4.78, 5) is 10.7. The maximum Gasteiger partial charge on any atom is 0.305 e. The molecule has 0 fully saturated rings. The Morgan fingerprint density at radius 1 is 1.14 bits per heavy atom. The van der Waals surface area contributed by atoms with Crippen LogP contribution in [-0.4, -0.2) is 38.1 Å². The Kier molecular flexibility index (Phi) is 7.76. The van der Waals surface area contributed by atoms with Crippen molar-refractivity contribution < 1.29 is 24.5 Å². The SMILES string of the molecule is CC(C)c1c(/C=C/[C@@H](O)C[C@H](O)CC(=O)O)c(-c2ccc(F)cc2)cn1C(C)C. The Bertz CT molecular complexity index is 853. The molecule has 0 bridgehead atoms. The number of benzene rings is 1. The molecule has 0 saturated carbocycles. The molecule has 1 heterocycles. The molecule has 0 saturated heterocycles. The number of aromatic nitrogens is 1. The van der Waals surface area contributed by atoms with Gasteiger partial charge < -0.3 is 19.9 Å². The van der Waals surface area contributed by atoms with Crippen molar-refractivity contribution >= 4 is 12.0 Å². The first-order valence-electron chi connectivity index (χ1n) is 9.86. The molecule has 29 heavy (non-hydrogen) atoms. The van der Waals surface area contributed by atoms with E-state index in [1.54, 1.807) is 18.2 Å². The molecule has 0 amide bonds. The summed E-state index contributed by atoms with van der Waals surface area (Å²) in [5.74, 6) is -1.20. The number of carbonyl (C=O) groups is 1. The normalized spacial score (nSPS) is 14.1. The summed E-state index contributed by atoms with van der Waals surface area (Å²) in [7, 11) is 0. The van der Waals surface area contributed by atoms with E-state index < -0.39 is 24.6 Å². The van der Waals surface area contributed by atoms with E-state index in [0.717, 1.165) is 22.4 Å². The lowest BCUT2D eigenvalue weighted by atomic mass is 9.97. The molecule has 2 aromatic rings. The highest BCUT2D eigenvalue weighted by molar-refractivity contribution is 5.77. The van der Waals surface area contributed by atoms with Gasteiger partial charge in [-0.1, -0.05) is 38.1 Å². The van der Waals surface area contributed by atoms with Crippen LogP contribution in [0, 0.1) is 5.82 Å². The van der Waals surface area contributed by atoms with Gasteiger partial charge in [0, 0.05) is 35.5 Å². The summed E-state index contributed by atoms with van der Waals surface area (Å²) in [6, 6.07) is 6.51. The number of hydrogen-bond donors (Lipinski definition) is 3. The van der Waals surface area contributed by atoms with Crippen molar-refractivity contribution in [2.45, 2.75) is 64.7 Å². The topological polar surface area (TPSA) is 82.7 Å². The van der Waals surface area contributed by atoms with E-state index in [-0.39, 0.29) is 24.2 Å². The fourth-order valence-corrected chi connectivity index (χ4v) is 3.48. The number of nitrogens with zero attached hydrogens (tertiary/aromatic N) is 1. The first-order valence-corrected chi connectivity index (χ1v) is 9.86. The van der Waals surface area contributed by atoms with Gasteiger partial charge in [-0.05, 0) is 37.5 Å². The van der Waals surface area contributed by atoms with Crippen LogP contribution in [0.3, 0.4) is 0 Å². The van der Waals surface area contributed by atoms with Gasteiger partial charge in [0.05, 0.1) is 18.6 Å². The van der Waals surface area contributed by atoms with Gasteiger partial charge in [-0.15, -0.1) is 0 Å². The van der Waals surface area contributed by atoms with Gasteiger partial charge in [0.25, 0.3) is 0 Å². The molecule has 3 N–H and O–H groups in total. The van der Waals surface area contributed by atoms with E-state index in [9.17, 15) is 19.4 Å². The summed E-state index contributed by atoms with van der Waals surface area (Å²) >= 11 is 0. The Hall–Kier alpha value is -2.44.